The Morgan fingerprint density at radius 3 is 3.00 bits per heavy atom. The van der Waals surface area contributed by atoms with Crippen LogP contribution in [0.2, 0.25) is 0 Å². The maximum Gasteiger partial charge on any atom is 0.255 e. The highest BCUT2D eigenvalue weighted by Crippen LogP contribution is 2.20. The Kier molecular flexibility index (Phi) is 3.69. The van der Waals surface area contributed by atoms with Gasteiger partial charge in [0.25, 0.3) is 5.91 Å². The lowest BCUT2D eigenvalue weighted by molar-refractivity contribution is 0.0940. The van der Waals surface area contributed by atoms with Crippen molar-refractivity contribution in [3.05, 3.63) is 36.1 Å². The molecule has 1 amide bonds. The van der Waals surface area contributed by atoms with Crippen molar-refractivity contribution in [2.45, 2.75) is 19.4 Å². The predicted octanol–water partition coefficient (Wildman–Crippen LogP) is 3.18. The molecule has 0 aliphatic rings. The first-order chi connectivity index (χ1) is 8.22. The van der Waals surface area contributed by atoms with Crippen LogP contribution in [-0.2, 0) is 0 Å². The first kappa shape index (κ1) is 12.0. The number of halogens is 1. The standard InChI is InChI=1S/C13H14ClNO2/c1-9(6-7-14)15-13(16)11-8-17-12-5-3-2-4-10(11)12/h2-5,8-9H,6-7H2,1H3,(H,15,16). The van der Waals surface area contributed by atoms with Gasteiger partial charge in [0, 0.05) is 17.3 Å². The topological polar surface area (TPSA) is 42.2 Å². The molecule has 2 rings (SSSR count). The summed E-state index contributed by atoms with van der Waals surface area (Å²) in [5, 5.41) is 3.73. The fraction of sp³-hybridized carbons (Fsp3) is 0.308. The molecule has 3 nitrogen and oxygen atoms in total. The van der Waals surface area contributed by atoms with Gasteiger partial charge in [0.2, 0.25) is 0 Å². The van der Waals surface area contributed by atoms with Gasteiger partial charge >= 0.3 is 0 Å². The molecule has 4 heteroatoms. The molecule has 1 N–H and O–H groups in total. The number of carbonyl (C=O) groups excluding carboxylic acids is 1. The summed E-state index contributed by atoms with van der Waals surface area (Å²) in [6.07, 6.45) is 2.25. The molecular formula is C13H14ClNO2. The Bertz CT molecular complexity index is 521. The molecule has 2 aromatic rings. The van der Waals surface area contributed by atoms with Crippen LogP contribution in [0.5, 0.6) is 0 Å². The van der Waals surface area contributed by atoms with Crippen molar-refractivity contribution in [3.63, 3.8) is 0 Å². The van der Waals surface area contributed by atoms with E-state index < -0.39 is 0 Å². The van der Waals surface area contributed by atoms with E-state index >= 15 is 0 Å². The van der Waals surface area contributed by atoms with Crippen molar-refractivity contribution in [2.75, 3.05) is 5.88 Å². The molecule has 0 saturated carbocycles. The summed E-state index contributed by atoms with van der Waals surface area (Å²) in [7, 11) is 0. The third-order valence-corrected chi connectivity index (χ3v) is 2.86. The van der Waals surface area contributed by atoms with Crippen LogP contribution in [0.1, 0.15) is 23.7 Å². The highest BCUT2D eigenvalue weighted by molar-refractivity contribution is 6.17. The minimum Gasteiger partial charge on any atom is -0.463 e. The summed E-state index contributed by atoms with van der Waals surface area (Å²) in [6, 6.07) is 7.54. The van der Waals surface area contributed by atoms with Gasteiger partial charge in [0.1, 0.15) is 11.8 Å². The number of rotatable bonds is 4. The molecule has 0 aliphatic heterocycles. The molecule has 0 bridgehead atoms. The molecule has 90 valence electrons. The number of carbonyl (C=O) groups is 1. The van der Waals surface area contributed by atoms with Crippen molar-refractivity contribution in [1.82, 2.24) is 5.32 Å². The maximum absolute atomic E-state index is 12.0. The normalized spacial score (nSPS) is 12.6. The quantitative estimate of drug-likeness (QED) is 0.848. The third-order valence-electron chi connectivity index (χ3n) is 2.65. The second-order valence-corrected chi connectivity index (χ2v) is 4.38. The van der Waals surface area contributed by atoms with Gasteiger partial charge < -0.3 is 9.73 Å². The molecule has 17 heavy (non-hydrogen) atoms. The molecule has 1 aromatic carbocycles. The molecular weight excluding hydrogens is 238 g/mol. The Morgan fingerprint density at radius 2 is 2.24 bits per heavy atom. The molecule has 0 spiro atoms. The number of nitrogens with one attached hydrogen (secondary N) is 1. The second kappa shape index (κ2) is 5.23. The van der Waals surface area contributed by atoms with E-state index in [1.54, 1.807) is 0 Å². The van der Waals surface area contributed by atoms with Gasteiger partial charge in [-0.25, -0.2) is 0 Å². The first-order valence-corrected chi connectivity index (χ1v) is 6.09. The summed E-state index contributed by atoms with van der Waals surface area (Å²) in [5.74, 6) is 0.417. The van der Waals surface area contributed by atoms with Crippen LogP contribution in [0.3, 0.4) is 0 Å². The number of furan rings is 1. The largest absolute Gasteiger partial charge is 0.463 e. The number of hydrogen-bond acceptors (Lipinski definition) is 2. The maximum atomic E-state index is 12.0. The van der Waals surface area contributed by atoms with Crippen molar-refractivity contribution in [2.24, 2.45) is 0 Å². The molecule has 1 heterocycles. The van der Waals surface area contributed by atoms with Gasteiger partial charge in [0.05, 0.1) is 5.56 Å². The fourth-order valence-electron chi connectivity index (χ4n) is 1.69. The lowest BCUT2D eigenvalue weighted by Gasteiger charge is -2.11. The van der Waals surface area contributed by atoms with Crippen LogP contribution in [-0.4, -0.2) is 17.8 Å². The van der Waals surface area contributed by atoms with Crippen molar-refractivity contribution >= 4 is 28.5 Å². The number of alkyl halides is 1. The molecule has 0 aliphatic carbocycles. The fourth-order valence-corrected chi connectivity index (χ4v) is 2.02. The van der Waals surface area contributed by atoms with Crippen molar-refractivity contribution in [1.29, 1.82) is 0 Å². The van der Waals surface area contributed by atoms with Crippen LogP contribution in [0, 0.1) is 0 Å². The predicted molar refractivity (Wildman–Crippen MR) is 68.5 cm³/mol. The van der Waals surface area contributed by atoms with Crippen LogP contribution in [0.15, 0.2) is 34.9 Å². The summed E-state index contributed by atoms with van der Waals surface area (Å²) in [4.78, 5) is 12.0. The molecule has 0 radical (unpaired) electrons. The van der Waals surface area contributed by atoms with Crippen LogP contribution >= 0.6 is 11.6 Å². The highest BCUT2D eigenvalue weighted by Gasteiger charge is 2.14. The van der Waals surface area contributed by atoms with Crippen molar-refractivity contribution in [3.8, 4) is 0 Å². The Hall–Kier alpha value is -1.48. The zero-order chi connectivity index (χ0) is 12.3. The summed E-state index contributed by atoms with van der Waals surface area (Å²) >= 11 is 5.63. The zero-order valence-electron chi connectivity index (χ0n) is 9.57. The van der Waals surface area contributed by atoms with E-state index in [1.165, 1.54) is 6.26 Å². The first-order valence-electron chi connectivity index (χ1n) is 5.55. The van der Waals surface area contributed by atoms with E-state index in [0.717, 1.165) is 17.4 Å². The van der Waals surface area contributed by atoms with Gasteiger partial charge in [-0.05, 0) is 19.4 Å². The number of fused-ring (bicyclic) bond motifs is 1. The molecule has 1 unspecified atom stereocenters. The Balaban J connectivity index is 2.19. The molecule has 1 atom stereocenters. The van der Waals surface area contributed by atoms with E-state index in [9.17, 15) is 4.79 Å². The summed E-state index contributed by atoms with van der Waals surface area (Å²) in [6.45, 7) is 1.93. The number of amides is 1. The van der Waals surface area contributed by atoms with Crippen LogP contribution in [0.25, 0.3) is 11.0 Å². The summed E-state index contributed by atoms with van der Waals surface area (Å²) in [5.41, 5.74) is 1.30. The average Bonchev–Trinajstić information content (AvgIpc) is 2.72. The van der Waals surface area contributed by atoms with Gasteiger partial charge in [0.15, 0.2) is 0 Å². The second-order valence-electron chi connectivity index (χ2n) is 4.00. The zero-order valence-corrected chi connectivity index (χ0v) is 10.3. The lowest BCUT2D eigenvalue weighted by atomic mass is 10.1. The van der Waals surface area contributed by atoms with Gasteiger partial charge in [-0.1, -0.05) is 18.2 Å². The smallest absolute Gasteiger partial charge is 0.255 e. The molecule has 0 fully saturated rings. The Labute approximate surface area is 105 Å². The van der Waals surface area contributed by atoms with E-state index in [4.69, 9.17) is 16.0 Å². The van der Waals surface area contributed by atoms with E-state index in [2.05, 4.69) is 5.32 Å². The van der Waals surface area contributed by atoms with E-state index in [-0.39, 0.29) is 11.9 Å². The summed E-state index contributed by atoms with van der Waals surface area (Å²) < 4.78 is 5.32. The highest BCUT2D eigenvalue weighted by atomic mass is 35.5. The molecule has 1 aromatic heterocycles. The van der Waals surface area contributed by atoms with Crippen LogP contribution in [0.4, 0.5) is 0 Å². The SMILES string of the molecule is CC(CCCl)NC(=O)c1coc2ccccc12. The number of para-hydroxylation sites is 1. The van der Waals surface area contributed by atoms with E-state index in [1.807, 2.05) is 31.2 Å². The van der Waals surface area contributed by atoms with Crippen LogP contribution < -0.4 is 5.32 Å². The average molecular weight is 252 g/mol. The Morgan fingerprint density at radius 1 is 1.47 bits per heavy atom. The third kappa shape index (κ3) is 2.61. The number of benzene rings is 1. The minimum atomic E-state index is -0.118. The minimum absolute atomic E-state index is 0.0636. The lowest BCUT2D eigenvalue weighted by Crippen LogP contribution is -2.32. The van der Waals surface area contributed by atoms with Gasteiger partial charge in [-0.3, -0.25) is 4.79 Å². The number of hydrogen-bond donors (Lipinski definition) is 1. The van der Waals surface area contributed by atoms with E-state index in [0.29, 0.717) is 11.4 Å². The van der Waals surface area contributed by atoms with Gasteiger partial charge in [-0.15, -0.1) is 11.6 Å². The van der Waals surface area contributed by atoms with Crippen molar-refractivity contribution < 1.29 is 9.21 Å². The monoisotopic (exact) mass is 251 g/mol. The molecule has 0 saturated heterocycles. The van der Waals surface area contributed by atoms with Gasteiger partial charge in [-0.2, -0.15) is 0 Å².